The largest absolute Gasteiger partial charge is 0.374 e. The van der Waals surface area contributed by atoms with Crippen molar-refractivity contribution in [2.24, 2.45) is 10.9 Å². The average molecular weight is 294 g/mol. The third kappa shape index (κ3) is 1.80. The monoisotopic (exact) mass is 294 g/mol. The number of hydrogen-bond acceptors (Lipinski definition) is 4. The summed E-state index contributed by atoms with van der Waals surface area (Å²) >= 11 is 0. The van der Waals surface area contributed by atoms with Crippen molar-refractivity contribution < 1.29 is 9.90 Å². The van der Waals surface area contributed by atoms with Gasteiger partial charge in [-0.3, -0.25) is 9.79 Å². The summed E-state index contributed by atoms with van der Waals surface area (Å²) in [4.78, 5) is 19.5. The Labute approximate surface area is 129 Å². The fourth-order valence-corrected chi connectivity index (χ4v) is 3.56. The normalized spacial score (nSPS) is 33.2. The number of carbonyl (C=O) groups excluding carboxylic acids is 1. The van der Waals surface area contributed by atoms with E-state index in [2.05, 4.69) is 0 Å². The minimum atomic E-state index is -1.45. The maximum atomic E-state index is 12.8. The first-order valence-corrected chi connectivity index (χ1v) is 7.64. The molecule has 4 rings (SSSR count). The molecule has 22 heavy (non-hydrogen) atoms. The van der Waals surface area contributed by atoms with Crippen molar-refractivity contribution in [2.45, 2.75) is 25.0 Å². The highest BCUT2D eigenvalue weighted by Gasteiger charge is 2.55. The summed E-state index contributed by atoms with van der Waals surface area (Å²) in [7, 11) is 0. The standard InChI is InChI=1S/C18H18N2O2/c1-12-7-8-15-14(11-12)16(21)18(22)9-10-20(17(18)19-15)13-5-3-2-4-6-13/h2-8,11,14-15,22H,9-10H2,1H3/t14?,15?,18-/m1/s1. The number of allylic oxidation sites excluding steroid dienone is 2. The highest BCUT2D eigenvalue weighted by atomic mass is 16.3. The number of carbonyl (C=O) groups is 1. The number of para-hydroxylation sites is 1. The molecule has 1 aromatic carbocycles. The molecule has 0 amide bonds. The van der Waals surface area contributed by atoms with E-state index in [1.54, 1.807) is 0 Å². The van der Waals surface area contributed by atoms with Crippen molar-refractivity contribution in [3.05, 3.63) is 54.1 Å². The van der Waals surface area contributed by atoms with Gasteiger partial charge in [0.1, 0.15) is 5.84 Å². The highest BCUT2D eigenvalue weighted by molar-refractivity contribution is 6.22. The number of benzene rings is 1. The van der Waals surface area contributed by atoms with Gasteiger partial charge >= 0.3 is 0 Å². The van der Waals surface area contributed by atoms with E-state index >= 15 is 0 Å². The first-order chi connectivity index (χ1) is 10.6. The number of hydrogen-bond donors (Lipinski definition) is 1. The molecule has 2 unspecified atom stereocenters. The summed E-state index contributed by atoms with van der Waals surface area (Å²) in [5.74, 6) is 0.0432. The Kier molecular flexibility index (Phi) is 2.84. The van der Waals surface area contributed by atoms with Crippen LogP contribution in [0.3, 0.4) is 0 Å². The molecule has 1 saturated heterocycles. The Morgan fingerprint density at radius 1 is 1.32 bits per heavy atom. The molecule has 2 aliphatic heterocycles. The number of fused-ring (bicyclic) bond motifs is 2. The van der Waals surface area contributed by atoms with E-state index in [0.717, 1.165) is 11.3 Å². The van der Waals surface area contributed by atoms with Gasteiger partial charge < -0.3 is 10.0 Å². The van der Waals surface area contributed by atoms with Gasteiger partial charge in [0.25, 0.3) is 0 Å². The van der Waals surface area contributed by atoms with Crippen LogP contribution in [0.5, 0.6) is 0 Å². The van der Waals surface area contributed by atoms with Gasteiger partial charge in [-0.25, -0.2) is 0 Å². The van der Waals surface area contributed by atoms with Crippen LogP contribution in [0.4, 0.5) is 5.69 Å². The maximum Gasteiger partial charge on any atom is 0.182 e. The molecule has 4 nitrogen and oxygen atoms in total. The molecule has 1 N–H and O–H groups in total. The summed E-state index contributed by atoms with van der Waals surface area (Å²) in [6, 6.07) is 9.61. The van der Waals surface area contributed by atoms with Gasteiger partial charge in [-0.05, 0) is 19.1 Å². The summed E-state index contributed by atoms with van der Waals surface area (Å²) < 4.78 is 0. The van der Waals surface area contributed by atoms with Crippen LogP contribution >= 0.6 is 0 Å². The van der Waals surface area contributed by atoms with Crippen molar-refractivity contribution in [3.63, 3.8) is 0 Å². The number of amidine groups is 1. The van der Waals surface area contributed by atoms with Crippen LogP contribution < -0.4 is 4.90 Å². The predicted molar refractivity (Wildman–Crippen MR) is 86.0 cm³/mol. The summed E-state index contributed by atoms with van der Waals surface area (Å²) in [6.07, 6.45) is 6.28. The molecule has 0 bridgehead atoms. The molecule has 4 heteroatoms. The summed E-state index contributed by atoms with van der Waals surface area (Å²) in [5.41, 5.74) is 0.573. The van der Waals surface area contributed by atoms with E-state index in [-0.39, 0.29) is 17.7 Å². The Morgan fingerprint density at radius 3 is 2.86 bits per heavy atom. The van der Waals surface area contributed by atoms with Crippen molar-refractivity contribution >= 4 is 17.3 Å². The second-order valence-electron chi connectivity index (χ2n) is 6.20. The quantitative estimate of drug-likeness (QED) is 0.863. The van der Waals surface area contributed by atoms with Crippen molar-refractivity contribution in [1.29, 1.82) is 0 Å². The average Bonchev–Trinajstić information content (AvgIpc) is 2.88. The van der Waals surface area contributed by atoms with E-state index in [1.807, 2.05) is 60.4 Å². The maximum absolute atomic E-state index is 12.8. The minimum Gasteiger partial charge on any atom is -0.374 e. The first kappa shape index (κ1) is 13.5. The zero-order valence-corrected chi connectivity index (χ0v) is 12.4. The van der Waals surface area contributed by atoms with Gasteiger partial charge in [-0.15, -0.1) is 0 Å². The lowest BCUT2D eigenvalue weighted by Crippen LogP contribution is -2.55. The summed E-state index contributed by atoms with van der Waals surface area (Å²) in [6.45, 7) is 2.57. The SMILES string of the molecule is CC1=CC2C(=O)[C@]3(O)CCN(c4ccccc4)C3=NC2C=C1. The van der Waals surface area contributed by atoms with Crippen molar-refractivity contribution in [2.75, 3.05) is 11.4 Å². The van der Waals surface area contributed by atoms with E-state index < -0.39 is 5.60 Å². The number of anilines is 1. The lowest BCUT2D eigenvalue weighted by molar-refractivity contribution is -0.134. The molecule has 0 radical (unpaired) electrons. The van der Waals surface area contributed by atoms with Crippen LogP contribution in [-0.2, 0) is 4.79 Å². The van der Waals surface area contributed by atoms with E-state index in [0.29, 0.717) is 18.8 Å². The molecule has 3 atom stereocenters. The number of aliphatic imine (C=N–C) groups is 1. The lowest BCUT2D eigenvalue weighted by atomic mass is 9.77. The van der Waals surface area contributed by atoms with Crippen LogP contribution in [0.25, 0.3) is 0 Å². The highest BCUT2D eigenvalue weighted by Crippen LogP contribution is 2.38. The second kappa shape index (κ2) is 4.65. The predicted octanol–water partition coefficient (Wildman–Crippen LogP) is 2.11. The third-order valence-electron chi connectivity index (χ3n) is 4.74. The molecular weight excluding hydrogens is 276 g/mol. The van der Waals surface area contributed by atoms with Gasteiger partial charge in [-0.2, -0.15) is 0 Å². The number of nitrogens with zero attached hydrogens (tertiary/aromatic N) is 2. The Balaban J connectivity index is 1.80. The van der Waals surface area contributed by atoms with Crippen LogP contribution in [-0.4, -0.2) is 34.9 Å². The molecule has 0 aromatic heterocycles. The number of aliphatic hydroxyl groups is 1. The van der Waals surface area contributed by atoms with Crippen molar-refractivity contribution in [1.82, 2.24) is 0 Å². The lowest BCUT2D eigenvalue weighted by Gasteiger charge is -2.36. The van der Waals surface area contributed by atoms with Gasteiger partial charge in [0.05, 0.1) is 12.0 Å². The van der Waals surface area contributed by atoms with Crippen LogP contribution in [0, 0.1) is 5.92 Å². The van der Waals surface area contributed by atoms with Gasteiger partial charge in [0.15, 0.2) is 11.4 Å². The second-order valence-corrected chi connectivity index (χ2v) is 6.20. The molecular formula is C18H18N2O2. The van der Waals surface area contributed by atoms with Gasteiger partial charge in [0.2, 0.25) is 0 Å². The third-order valence-corrected chi connectivity index (χ3v) is 4.74. The topological polar surface area (TPSA) is 52.9 Å². The van der Waals surface area contributed by atoms with Crippen molar-refractivity contribution in [3.8, 4) is 0 Å². The van der Waals surface area contributed by atoms with Crippen LogP contribution in [0.2, 0.25) is 0 Å². The Bertz CT molecular complexity index is 720. The molecule has 112 valence electrons. The molecule has 1 aromatic rings. The first-order valence-electron chi connectivity index (χ1n) is 7.64. The molecule has 2 heterocycles. The van der Waals surface area contributed by atoms with Crippen LogP contribution in [0.1, 0.15) is 13.3 Å². The summed E-state index contributed by atoms with van der Waals surface area (Å²) in [5, 5.41) is 11.0. The minimum absolute atomic E-state index is 0.121. The Morgan fingerprint density at radius 2 is 2.09 bits per heavy atom. The molecule has 1 aliphatic carbocycles. The molecule has 1 fully saturated rings. The molecule has 0 saturated carbocycles. The fraction of sp³-hybridized carbons (Fsp3) is 0.333. The number of Topliss-reactive ketones (excluding diaryl/α,β-unsaturated/α-hetero) is 1. The smallest absolute Gasteiger partial charge is 0.182 e. The van der Waals surface area contributed by atoms with Crippen LogP contribution in [0.15, 0.2) is 59.1 Å². The zero-order valence-electron chi connectivity index (χ0n) is 12.4. The van der Waals surface area contributed by atoms with E-state index in [9.17, 15) is 9.90 Å². The fourth-order valence-electron chi connectivity index (χ4n) is 3.56. The number of ketones is 1. The van der Waals surface area contributed by atoms with E-state index in [4.69, 9.17) is 4.99 Å². The van der Waals surface area contributed by atoms with E-state index in [1.165, 1.54) is 0 Å². The molecule has 3 aliphatic rings. The molecule has 0 spiro atoms. The number of rotatable bonds is 1. The van der Waals surface area contributed by atoms with Gasteiger partial charge in [0, 0.05) is 18.7 Å². The Hall–Kier alpha value is -2.20. The van der Waals surface area contributed by atoms with Gasteiger partial charge in [-0.1, -0.05) is 42.0 Å². The zero-order chi connectivity index (χ0) is 15.3.